The zero-order valence-corrected chi connectivity index (χ0v) is 12.9. The Labute approximate surface area is 128 Å². The topological polar surface area (TPSA) is 32.3 Å². The Morgan fingerprint density at radius 1 is 0.952 bits per heavy atom. The van der Waals surface area contributed by atoms with Crippen LogP contribution in [0.2, 0.25) is 0 Å². The van der Waals surface area contributed by atoms with E-state index in [1.807, 2.05) is 0 Å². The fourth-order valence-electron chi connectivity index (χ4n) is 5.03. The van der Waals surface area contributed by atoms with Crippen molar-refractivity contribution in [3.63, 3.8) is 0 Å². The van der Waals surface area contributed by atoms with E-state index in [9.17, 15) is 5.11 Å². The molecule has 2 fully saturated rings. The van der Waals surface area contributed by atoms with Crippen molar-refractivity contribution in [2.75, 3.05) is 5.32 Å². The van der Waals surface area contributed by atoms with Crippen molar-refractivity contribution in [1.29, 1.82) is 0 Å². The first-order valence-electron chi connectivity index (χ1n) is 8.76. The average Bonchev–Trinajstić information content (AvgIpc) is 2.99. The minimum atomic E-state index is -0.485. The van der Waals surface area contributed by atoms with Gasteiger partial charge in [0, 0.05) is 5.69 Å². The van der Waals surface area contributed by atoms with Crippen LogP contribution < -0.4 is 5.32 Å². The lowest BCUT2D eigenvalue weighted by atomic mass is 9.65. The Kier molecular flexibility index (Phi) is 3.25. The molecule has 114 valence electrons. The van der Waals surface area contributed by atoms with Crippen LogP contribution in [0.1, 0.15) is 63.4 Å². The summed E-state index contributed by atoms with van der Waals surface area (Å²) >= 11 is 0. The van der Waals surface area contributed by atoms with E-state index in [4.69, 9.17) is 0 Å². The van der Waals surface area contributed by atoms with Crippen LogP contribution in [0.3, 0.4) is 0 Å². The molecular formula is C19H27NO. The van der Waals surface area contributed by atoms with Crippen LogP contribution in [-0.2, 0) is 6.42 Å². The van der Waals surface area contributed by atoms with Crippen molar-refractivity contribution in [3.8, 4) is 0 Å². The molecule has 0 amide bonds. The molecule has 0 aromatic heterocycles. The first kappa shape index (κ1) is 13.6. The maximum atomic E-state index is 11.2. The van der Waals surface area contributed by atoms with Crippen LogP contribution in [0.5, 0.6) is 0 Å². The molecule has 3 aliphatic rings. The molecule has 2 nitrogen and oxygen atoms in total. The molecule has 1 unspecified atom stereocenters. The van der Waals surface area contributed by atoms with Gasteiger partial charge in [-0.25, -0.2) is 0 Å². The highest BCUT2D eigenvalue weighted by atomic mass is 16.3. The van der Waals surface area contributed by atoms with Gasteiger partial charge in [-0.05, 0) is 68.4 Å². The third kappa shape index (κ3) is 2.38. The second kappa shape index (κ2) is 5.01. The molecule has 21 heavy (non-hydrogen) atoms. The molecule has 1 aromatic rings. The Bertz CT molecular complexity index is 508. The van der Waals surface area contributed by atoms with Crippen LogP contribution in [0.15, 0.2) is 24.3 Å². The summed E-state index contributed by atoms with van der Waals surface area (Å²) < 4.78 is 0. The lowest BCUT2D eigenvalue weighted by Gasteiger charge is -2.47. The van der Waals surface area contributed by atoms with E-state index in [-0.39, 0.29) is 6.04 Å². The second-order valence-electron chi connectivity index (χ2n) is 7.70. The standard InChI is InChI=1S/C19H27NO/c21-19(13-11-18(12-14-19)9-3-4-10-18)17-8-7-15-5-1-2-6-16(15)20-17/h1-2,5-6,17,20-21H,3-4,7-14H2. The van der Waals surface area contributed by atoms with Crippen molar-refractivity contribution in [1.82, 2.24) is 0 Å². The Morgan fingerprint density at radius 3 is 2.43 bits per heavy atom. The molecule has 1 aromatic carbocycles. The van der Waals surface area contributed by atoms with E-state index in [0.717, 1.165) is 25.7 Å². The van der Waals surface area contributed by atoms with Crippen LogP contribution in [0.4, 0.5) is 5.69 Å². The summed E-state index contributed by atoms with van der Waals surface area (Å²) in [4.78, 5) is 0. The van der Waals surface area contributed by atoms with Crippen molar-refractivity contribution in [2.45, 2.75) is 75.9 Å². The summed E-state index contributed by atoms with van der Waals surface area (Å²) in [6.45, 7) is 0. The fraction of sp³-hybridized carbons (Fsp3) is 0.684. The number of para-hydroxylation sites is 1. The summed E-state index contributed by atoms with van der Waals surface area (Å²) in [5.41, 5.74) is 2.75. The second-order valence-corrected chi connectivity index (χ2v) is 7.70. The molecule has 1 aliphatic heterocycles. The highest BCUT2D eigenvalue weighted by Crippen LogP contribution is 2.52. The van der Waals surface area contributed by atoms with Gasteiger partial charge in [0.05, 0.1) is 11.6 Å². The normalized spacial score (nSPS) is 29.9. The Morgan fingerprint density at radius 2 is 1.67 bits per heavy atom. The lowest BCUT2D eigenvalue weighted by molar-refractivity contribution is -0.0486. The van der Waals surface area contributed by atoms with E-state index in [1.165, 1.54) is 49.8 Å². The Hall–Kier alpha value is -1.02. The van der Waals surface area contributed by atoms with Gasteiger partial charge in [-0.1, -0.05) is 31.0 Å². The van der Waals surface area contributed by atoms with Crippen LogP contribution in [-0.4, -0.2) is 16.7 Å². The van der Waals surface area contributed by atoms with Gasteiger partial charge in [-0.2, -0.15) is 0 Å². The predicted octanol–water partition coefficient (Wildman–Crippen LogP) is 4.28. The third-order valence-corrected chi connectivity index (χ3v) is 6.54. The summed E-state index contributed by atoms with van der Waals surface area (Å²) in [7, 11) is 0. The number of benzene rings is 1. The number of fused-ring (bicyclic) bond motifs is 1. The smallest absolute Gasteiger partial charge is 0.0848 e. The van der Waals surface area contributed by atoms with Crippen LogP contribution in [0.25, 0.3) is 0 Å². The van der Waals surface area contributed by atoms with Gasteiger partial charge in [-0.3, -0.25) is 0 Å². The number of hydrogen-bond donors (Lipinski definition) is 2. The number of aliphatic hydroxyl groups is 1. The minimum absolute atomic E-state index is 0.242. The number of anilines is 1. The number of rotatable bonds is 1. The maximum absolute atomic E-state index is 11.2. The number of nitrogens with one attached hydrogen (secondary N) is 1. The molecule has 2 saturated carbocycles. The molecule has 0 radical (unpaired) electrons. The van der Waals surface area contributed by atoms with Crippen molar-refractivity contribution in [2.24, 2.45) is 5.41 Å². The van der Waals surface area contributed by atoms with Gasteiger partial charge in [0.25, 0.3) is 0 Å². The van der Waals surface area contributed by atoms with Gasteiger partial charge >= 0.3 is 0 Å². The van der Waals surface area contributed by atoms with Crippen molar-refractivity contribution in [3.05, 3.63) is 29.8 Å². The summed E-state index contributed by atoms with van der Waals surface area (Å²) in [5, 5.41) is 14.8. The number of aryl methyl sites for hydroxylation is 1. The van der Waals surface area contributed by atoms with Crippen molar-refractivity contribution >= 4 is 5.69 Å². The summed E-state index contributed by atoms with van der Waals surface area (Å²) in [6, 6.07) is 8.81. The summed E-state index contributed by atoms with van der Waals surface area (Å²) in [5.74, 6) is 0. The molecular weight excluding hydrogens is 258 g/mol. The van der Waals surface area contributed by atoms with E-state index < -0.39 is 5.60 Å². The lowest BCUT2D eigenvalue weighted by Crippen LogP contribution is -2.52. The molecule has 2 N–H and O–H groups in total. The fourth-order valence-corrected chi connectivity index (χ4v) is 5.03. The molecule has 1 atom stereocenters. The molecule has 2 heteroatoms. The quantitative estimate of drug-likeness (QED) is 0.807. The monoisotopic (exact) mass is 285 g/mol. The first-order chi connectivity index (χ1) is 10.2. The van der Waals surface area contributed by atoms with Gasteiger partial charge in [0.1, 0.15) is 0 Å². The molecule has 0 bridgehead atoms. The molecule has 0 saturated heterocycles. The SMILES string of the molecule is OC1(C2CCc3ccccc3N2)CCC2(CCCC2)CC1. The molecule has 1 spiro atoms. The van der Waals surface area contributed by atoms with Gasteiger partial charge in [0.15, 0.2) is 0 Å². The van der Waals surface area contributed by atoms with E-state index in [2.05, 4.69) is 29.6 Å². The zero-order chi connectivity index (χ0) is 14.3. The maximum Gasteiger partial charge on any atom is 0.0848 e. The van der Waals surface area contributed by atoms with E-state index in [1.54, 1.807) is 0 Å². The summed E-state index contributed by atoms with van der Waals surface area (Å²) in [6.07, 6.45) is 12.3. The molecule has 4 rings (SSSR count). The van der Waals surface area contributed by atoms with Gasteiger partial charge in [0.2, 0.25) is 0 Å². The minimum Gasteiger partial charge on any atom is -0.388 e. The Balaban J connectivity index is 1.47. The third-order valence-electron chi connectivity index (χ3n) is 6.54. The average molecular weight is 285 g/mol. The molecule has 1 heterocycles. The van der Waals surface area contributed by atoms with Gasteiger partial charge < -0.3 is 10.4 Å². The van der Waals surface area contributed by atoms with E-state index >= 15 is 0 Å². The highest BCUT2D eigenvalue weighted by molar-refractivity contribution is 5.54. The first-order valence-corrected chi connectivity index (χ1v) is 8.76. The molecule has 2 aliphatic carbocycles. The largest absolute Gasteiger partial charge is 0.388 e. The highest BCUT2D eigenvalue weighted by Gasteiger charge is 2.47. The van der Waals surface area contributed by atoms with Crippen LogP contribution in [0, 0.1) is 5.41 Å². The zero-order valence-electron chi connectivity index (χ0n) is 12.9. The van der Waals surface area contributed by atoms with Crippen molar-refractivity contribution < 1.29 is 5.11 Å². The number of hydrogen-bond acceptors (Lipinski definition) is 2. The van der Waals surface area contributed by atoms with E-state index in [0.29, 0.717) is 5.41 Å². The predicted molar refractivity (Wildman–Crippen MR) is 86.5 cm³/mol. The van der Waals surface area contributed by atoms with Crippen LogP contribution >= 0.6 is 0 Å². The van der Waals surface area contributed by atoms with Gasteiger partial charge in [-0.15, -0.1) is 0 Å².